The number of hydrogen-bond acceptors (Lipinski definition) is 3. The van der Waals surface area contributed by atoms with E-state index in [1.165, 1.54) is 30.3 Å². The second kappa shape index (κ2) is 7.04. The lowest BCUT2D eigenvalue weighted by molar-refractivity contribution is -0.133. The Morgan fingerprint density at radius 3 is 2.35 bits per heavy atom. The zero-order valence-electron chi connectivity index (χ0n) is 13.7. The van der Waals surface area contributed by atoms with Gasteiger partial charge in [-0.25, -0.2) is 13.2 Å². The van der Waals surface area contributed by atoms with Gasteiger partial charge in [-0.3, -0.25) is 0 Å². The van der Waals surface area contributed by atoms with Crippen molar-refractivity contribution in [3.05, 3.63) is 75.3 Å². The molecule has 1 unspecified atom stereocenters. The van der Waals surface area contributed by atoms with Crippen LogP contribution in [0.2, 0.25) is 10.0 Å². The maximum absolute atomic E-state index is 13.1. The molecule has 8 heteroatoms. The van der Waals surface area contributed by atoms with E-state index < -0.39 is 22.0 Å². The molecule has 0 fully saturated rings. The average Bonchev–Trinajstić information content (AvgIpc) is 3.04. The summed E-state index contributed by atoms with van der Waals surface area (Å²) >= 11 is 12.0. The van der Waals surface area contributed by atoms with Crippen molar-refractivity contribution in [2.24, 2.45) is 0 Å². The fraction of sp³-hybridized carbons (Fsp3) is 0.167. The van der Waals surface area contributed by atoms with Gasteiger partial charge in [-0.1, -0.05) is 53.0 Å². The van der Waals surface area contributed by atoms with Gasteiger partial charge in [-0.2, -0.15) is 4.31 Å². The number of aryl methyl sites for hydroxylation is 1. The molecule has 5 nitrogen and oxygen atoms in total. The van der Waals surface area contributed by atoms with Gasteiger partial charge in [0.05, 0.1) is 26.6 Å². The van der Waals surface area contributed by atoms with Gasteiger partial charge in [0.15, 0.2) is 0 Å². The third-order valence-corrected chi connectivity index (χ3v) is 6.79. The summed E-state index contributed by atoms with van der Waals surface area (Å²) in [5.41, 5.74) is 1.36. The number of hydrogen-bond donors (Lipinski definition) is 1. The van der Waals surface area contributed by atoms with E-state index >= 15 is 0 Å². The highest BCUT2D eigenvalue weighted by atomic mass is 35.5. The van der Waals surface area contributed by atoms with Crippen molar-refractivity contribution in [3.8, 4) is 0 Å². The lowest BCUT2D eigenvalue weighted by Gasteiger charge is -2.26. The van der Waals surface area contributed by atoms with Crippen LogP contribution in [0.5, 0.6) is 0 Å². The number of benzene rings is 2. The molecule has 0 spiro atoms. The number of carbonyl (C=O) groups is 1. The smallest absolute Gasteiger partial charge is 0.333 e. The molecular weight excluding hydrogens is 397 g/mol. The summed E-state index contributed by atoms with van der Waals surface area (Å²) < 4.78 is 27.3. The maximum atomic E-state index is 13.1. The Kier molecular flexibility index (Phi) is 5.12. The molecule has 1 heterocycles. The Hall–Kier alpha value is -1.86. The molecule has 2 aromatic rings. The molecule has 1 aliphatic rings. The number of sulfonamides is 1. The molecular formula is C18H15Cl2NO4S. The highest BCUT2D eigenvalue weighted by molar-refractivity contribution is 7.89. The Morgan fingerprint density at radius 2 is 1.77 bits per heavy atom. The second-order valence-electron chi connectivity index (χ2n) is 5.93. The molecule has 1 atom stereocenters. The average molecular weight is 412 g/mol. The Bertz CT molecular complexity index is 1000. The van der Waals surface area contributed by atoms with Crippen LogP contribution in [-0.2, 0) is 14.8 Å². The van der Waals surface area contributed by atoms with E-state index in [9.17, 15) is 18.3 Å². The van der Waals surface area contributed by atoms with E-state index in [0.717, 1.165) is 9.87 Å². The van der Waals surface area contributed by atoms with Gasteiger partial charge in [-0.05, 0) is 36.8 Å². The summed E-state index contributed by atoms with van der Waals surface area (Å²) in [7, 11) is -3.90. The standard InChI is InChI=1S/C18H15Cl2NO4S/c1-11-2-5-13(6-3-11)26(24,25)21-9-8-14(18(22)23)17(21)12-4-7-15(19)16(20)10-12/h2-8,10,17H,9H2,1H3,(H,22,23). The van der Waals surface area contributed by atoms with E-state index in [-0.39, 0.29) is 22.0 Å². The van der Waals surface area contributed by atoms with Gasteiger partial charge in [0.1, 0.15) is 0 Å². The third kappa shape index (κ3) is 3.38. The fourth-order valence-corrected chi connectivity index (χ4v) is 4.72. The Labute approximate surface area is 161 Å². The van der Waals surface area contributed by atoms with Gasteiger partial charge in [-0.15, -0.1) is 0 Å². The molecule has 26 heavy (non-hydrogen) atoms. The van der Waals surface area contributed by atoms with Crippen LogP contribution in [0.25, 0.3) is 0 Å². The van der Waals surface area contributed by atoms with Crippen molar-refractivity contribution in [2.45, 2.75) is 17.9 Å². The summed E-state index contributed by atoms with van der Waals surface area (Å²) in [5, 5.41) is 10.0. The molecule has 0 aliphatic carbocycles. The largest absolute Gasteiger partial charge is 0.478 e. The fourth-order valence-electron chi connectivity index (χ4n) is 2.88. The number of carboxylic acids is 1. The van der Waals surface area contributed by atoms with Crippen LogP contribution in [0.1, 0.15) is 17.2 Å². The minimum absolute atomic E-state index is 0.0147. The number of carboxylic acid groups (broad SMARTS) is 1. The molecule has 1 aliphatic heterocycles. The van der Waals surface area contributed by atoms with Gasteiger partial charge in [0.2, 0.25) is 10.0 Å². The number of aliphatic carboxylic acids is 1. The minimum Gasteiger partial charge on any atom is -0.478 e. The van der Waals surface area contributed by atoms with Crippen LogP contribution >= 0.6 is 23.2 Å². The van der Waals surface area contributed by atoms with Crippen LogP contribution in [-0.4, -0.2) is 30.3 Å². The first kappa shape index (κ1) is 18.9. The Balaban J connectivity index is 2.09. The SMILES string of the molecule is Cc1ccc(S(=O)(=O)N2CC=C(C(=O)O)C2c2ccc(Cl)c(Cl)c2)cc1. The Morgan fingerprint density at radius 1 is 1.12 bits per heavy atom. The van der Waals surface area contributed by atoms with E-state index in [1.54, 1.807) is 18.2 Å². The van der Waals surface area contributed by atoms with Crippen molar-refractivity contribution in [2.75, 3.05) is 6.54 Å². The second-order valence-corrected chi connectivity index (χ2v) is 8.63. The van der Waals surface area contributed by atoms with Crippen molar-refractivity contribution in [1.29, 1.82) is 0 Å². The predicted molar refractivity (Wildman–Crippen MR) is 100.0 cm³/mol. The highest BCUT2D eigenvalue weighted by Gasteiger charge is 2.40. The van der Waals surface area contributed by atoms with Crippen LogP contribution in [0, 0.1) is 6.92 Å². The molecule has 2 aromatic carbocycles. The van der Waals surface area contributed by atoms with E-state index in [0.29, 0.717) is 10.6 Å². The summed E-state index contributed by atoms with van der Waals surface area (Å²) in [6.45, 7) is 1.82. The first-order valence-corrected chi connectivity index (χ1v) is 9.88. The first-order chi connectivity index (χ1) is 12.2. The van der Waals surface area contributed by atoms with Gasteiger partial charge in [0.25, 0.3) is 0 Å². The van der Waals surface area contributed by atoms with Crippen molar-refractivity contribution < 1.29 is 18.3 Å². The molecule has 0 aromatic heterocycles. The summed E-state index contributed by atoms with van der Waals surface area (Å²) in [4.78, 5) is 11.7. The van der Waals surface area contributed by atoms with Crippen LogP contribution < -0.4 is 0 Å². The monoisotopic (exact) mass is 411 g/mol. The van der Waals surface area contributed by atoms with Crippen LogP contribution in [0.15, 0.2) is 59.0 Å². The molecule has 0 radical (unpaired) electrons. The molecule has 0 saturated carbocycles. The van der Waals surface area contributed by atoms with Gasteiger partial charge < -0.3 is 5.11 Å². The topological polar surface area (TPSA) is 74.7 Å². The van der Waals surface area contributed by atoms with E-state index in [4.69, 9.17) is 23.2 Å². The van der Waals surface area contributed by atoms with Crippen molar-refractivity contribution in [1.82, 2.24) is 4.31 Å². The van der Waals surface area contributed by atoms with Crippen LogP contribution in [0.3, 0.4) is 0 Å². The number of halogens is 2. The quantitative estimate of drug-likeness (QED) is 0.822. The summed E-state index contributed by atoms with van der Waals surface area (Å²) in [6.07, 6.45) is 1.40. The number of rotatable bonds is 4. The zero-order chi connectivity index (χ0) is 19.1. The van der Waals surface area contributed by atoms with E-state index in [1.807, 2.05) is 6.92 Å². The molecule has 0 saturated heterocycles. The molecule has 1 N–H and O–H groups in total. The molecule has 3 rings (SSSR count). The third-order valence-electron chi connectivity index (χ3n) is 4.21. The maximum Gasteiger partial charge on any atom is 0.333 e. The van der Waals surface area contributed by atoms with Crippen molar-refractivity contribution in [3.63, 3.8) is 0 Å². The minimum atomic E-state index is -3.90. The summed E-state index contributed by atoms with van der Waals surface area (Å²) in [5.74, 6) is -1.18. The lowest BCUT2D eigenvalue weighted by atomic mass is 10.0. The zero-order valence-corrected chi connectivity index (χ0v) is 16.0. The van der Waals surface area contributed by atoms with Crippen LogP contribution in [0.4, 0.5) is 0 Å². The summed E-state index contributed by atoms with van der Waals surface area (Å²) in [6, 6.07) is 10.0. The number of nitrogens with zero attached hydrogens (tertiary/aromatic N) is 1. The van der Waals surface area contributed by atoms with Crippen molar-refractivity contribution >= 4 is 39.2 Å². The lowest BCUT2D eigenvalue weighted by Crippen LogP contribution is -2.33. The molecule has 0 bridgehead atoms. The normalized spacial score (nSPS) is 18.0. The first-order valence-electron chi connectivity index (χ1n) is 7.68. The van der Waals surface area contributed by atoms with Gasteiger partial charge in [0, 0.05) is 6.54 Å². The highest BCUT2D eigenvalue weighted by Crippen LogP contribution is 2.39. The van der Waals surface area contributed by atoms with Gasteiger partial charge >= 0.3 is 5.97 Å². The van der Waals surface area contributed by atoms with E-state index in [2.05, 4.69) is 0 Å². The predicted octanol–water partition coefficient (Wildman–Crippen LogP) is 4.06. The molecule has 0 amide bonds. The molecule has 136 valence electrons.